The van der Waals surface area contributed by atoms with Crippen LogP contribution in [-0.2, 0) is 26.2 Å². The number of nitrogens with zero attached hydrogens (tertiary/aromatic N) is 2. The van der Waals surface area contributed by atoms with Crippen LogP contribution in [0.4, 0.5) is 5.69 Å². The summed E-state index contributed by atoms with van der Waals surface area (Å²) in [6.07, 6.45) is 1.99. The van der Waals surface area contributed by atoms with Gasteiger partial charge >= 0.3 is 0 Å². The Labute approximate surface area is 222 Å². The molecular formula is C28H41N3O5S. The van der Waals surface area contributed by atoms with Crippen LogP contribution in [0.1, 0.15) is 58.1 Å². The van der Waals surface area contributed by atoms with E-state index in [-0.39, 0.29) is 24.8 Å². The van der Waals surface area contributed by atoms with Crippen molar-refractivity contribution in [1.29, 1.82) is 0 Å². The molecule has 1 N–H and O–H groups in total. The first-order valence-electron chi connectivity index (χ1n) is 12.5. The molecular weight excluding hydrogens is 490 g/mol. The number of hydrogen-bond acceptors (Lipinski definition) is 5. The van der Waals surface area contributed by atoms with Crippen molar-refractivity contribution >= 4 is 27.5 Å². The summed E-state index contributed by atoms with van der Waals surface area (Å²) >= 11 is 0. The number of sulfonamides is 1. The van der Waals surface area contributed by atoms with Crippen LogP contribution < -0.4 is 14.4 Å². The van der Waals surface area contributed by atoms with Gasteiger partial charge in [-0.05, 0) is 58.2 Å². The summed E-state index contributed by atoms with van der Waals surface area (Å²) in [7, 11) is -2.06. The molecule has 0 saturated heterocycles. The van der Waals surface area contributed by atoms with E-state index in [2.05, 4.69) is 5.32 Å². The van der Waals surface area contributed by atoms with Crippen LogP contribution in [0.15, 0.2) is 48.5 Å². The molecule has 37 heavy (non-hydrogen) atoms. The number of carbonyl (C=O) groups is 2. The molecule has 0 aliphatic rings. The van der Waals surface area contributed by atoms with E-state index in [1.165, 1.54) is 11.4 Å². The number of anilines is 1. The van der Waals surface area contributed by atoms with Crippen molar-refractivity contribution in [2.24, 2.45) is 0 Å². The summed E-state index contributed by atoms with van der Waals surface area (Å²) in [5.41, 5.74) is 2.07. The van der Waals surface area contributed by atoms with Crippen LogP contribution in [0.3, 0.4) is 0 Å². The van der Waals surface area contributed by atoms with E-state index in [1.54, 1.807) is 29.2 Å². The molecule has 2 rings (SSSR count). The average molecular weight is 532 g/mol. The van der Waals surface area contributed by atoms with Gasteiger partial charge in [0.1, 0.15) is 11.8 Å². The Balaban J connectivity index is 2.24. The normalized spacial score (nSPS) is 12.5. The van der Waals surface area contributed by atoms with E-state index >= 15 is 0 Å². The Hall–Kier alpha value is -3.07. The minimum absolute atomic E-state index is 0.0984. The van der Waals surface area contributed by atoms with Crippen molar-refractivity contribution in [1.82, 2.24) is 10.2 Å². The van der Waals surface area contributed by atoms with Crippen LogP contribution in [0, 0.1) is 6.92 Å². The van der Waals surface area contributed by atoms with Crippen LogP contribution in [-0.4, -0.2) is 56.6 Å². The lowest BCUT2D eigenvalue weighted by Crippen LogP contribution is -2.53. The second kappa shape index (κ2) is 12.9. The molecule has 0 heterocycles. The molecule has 0 aromatic heterocycles. The van der Waals surface area contributed by atoms with Gasteiger partial charge in [0.2, 0.25) is 21.8 Å². The van der Waals surface area contributed by atoms with Crippen LogP contribution >= 0.6 is 0 Å². The standard InChI is InChI=1S/C28H41N3O5S/c1-8-25(27(33)29-28(3,4)5)30(20-22-16-14-21(2)15-17-22)26(32)13-10-18-31(37(7,34)35)23-11-9-12-24(19-23)36-6/h9,11-12,14-17,19,25H,8,10,13,18,20H2,1-7H3,(H,29,33)/t25-/m0/s1. The van der Waals surface area contributed by atoms with Crippen molar-refractivity contribution in [3.63, 3.8) is 0 Å². The topological polar surface area (TPSA) is 96.0 Å². The zero-order valence-corrected chi connectivity index (χ0v) is 23.9. The third-order valence-electron chi connectivity index (χ3n) is 5.85. The van der Waals surface area contributed by atoms with Gasteiger partial charge < -0.3 is 15.0 Å². The fraction of sp³-hybridized carbons (Fsp3) is 0.500. The third-order valence-corrected chi connectivity index (χ3v) is 7.05. The Bertz CT molecular complexity index is 1160. The van der Waals surface area contributed by atoms with Gasteiger partial charge in [0.25, 0.3) is 0 Å². The van der Waals surface area contributed by atoms with Gasteiger partial charge in [-0.2, -0.15) is 0 Å². The zero-order valence-electron chi connectivity index (χ0n) is 23.1. The Morgan fingerprint density at radius 3 is 2.27 bits per heavy atom. The minimum atomic E-state index is -3.58. The van der Waals surface area contributed by atoms with Crippen molar-refractivity contribution in [2.45, 2.75) is 72.0 Å². The van der Waals surface area contributed by atoms with E-state index in [0.717, 1.165) is 17.4 Å². The van der Waals surface area contributed by atoms with Crippen molar-refractivity contribution < 1.29 is 22.7 Å². The monoisotopic (exact) mass is 531 g/mol. The molecule has 9 heteroatoms. The summed E-state index contributed by atoms with van der Waals surface area (Å²) in [4.78, 5) is 28.3. The van der Waals surface area contributed by atoms with E-state index in [9.17, 15) is 18.0 Å². The highest BCUT2D eigenvalue weighted by atomic mass is 32.2. The first kappa shape index (κ1) is 30.2. The number of rotatable bonds is 12. The third kappa shape index (κ3) is 9.39. The number of hydrogen-bond donors (Lipinski definition) is 1. The van der Waals surface area contributed by atoms with E-state index in [0.29, 0.717) is 30.8 Å². The van der Waals surface area contributed by atoms with Crippen molar-refractivity contribution in [3.05, 3.63) is 59.7 Å². The quantitative estimate of drug-likeness (QED) is 0.441. The molecule has 2 aromatic rings. The Morgan fingerprint density at radius 2 is 1.73 bits per heavy atom. The fourth-order valence-corrected chi connectivity index (χ4v) is 4.99. The highest BCUT2D eigenvalue weighted by Crippen LogP contribution is 2.24. The number of aryl methyl sites for hydroxylation is 1. The molecule has 0 spiro atoms. The molecule has 1 atom stereocenters. The molecule has 204 valence electrons. The lowest BCUT2D eigenvalue weighted by Gasteiger charge is -2.33. The largest absolute Gasteiger partial charge is 0.497 e. The van der Waals surface area contributed by atoms with E-state index < -0.39 is 21.6 Å². The second-order valence-electron chi connectivity index (χ2n) is 10.3. The number of nitrogens with one attached hydrogen (secondary N) is 1. The highest BCUT2D eigenvalue weighted by molar-refractivity contribution is 7.92. The summed E-state index contributed by atoms with van der Waals surface area (Å²) in [5.74, 6) is 0.141. The number of carbonyl (C=O) groups excluding carboxylic acids is 2. The maximum atomic E-state index is 13.5. The Kier molecular flexibility index (Phi) is 10.5. The first-order chi connectivity index (χ1) is 17.2. The molecule has 0 aliphatic carbocycles. The summed E-state index contributed by atoms with van der Waals surface area (Å²) in [6, 6.07) is 14.0. The number of methoxy groups -OCH3 is 1. The molecule has 2 aromatic carbocycles. The highest BCUT2D eigenvalue weighted by Gasteiger charge is 2.30. The molecule has 0 saturated carbocycles. The summed E-state index contributed by atoms with van der Waals surface area (Å²) in [5, 5.41) is 2.99. The van der Waals surface area contributed by atoms with Crippen molar-refractivity contribution in [2.75, 3.05) is 24.2 Å². The first-order valence-corrected chi connectivity index (χ1v) is 14.4. The van der Waals surface area contributed by atoms with Crippen LogP contribution in [0.25, 0.3) is 0 Å². The predicted molar refractivity (Wildman–Crippen MR) is 148 cm³/mol. The van der Waals surface area contributed by atoms with Gasteiger partial charge in [-0.1, -0.05) is 42.8 Å². The number of amides is 2. The number of benzene rings is 2. The van der Waals surface area contributed by atoms with Gasteiger partial charge in [0.15, 0.2) is 0 Å². The molecule has 0 aliphatic heterocycles. The van der Waals surface area contributed by atoms with Gasteiger partial charge in [-0.3, -0.25) is 13.9 Å². The van der Waals surface area contributed by atoms with Gasteiger partial charge in [0.05, 0.1) is 19.1 Å². The van der Waals surface area contributed by atoms with Gasteiger partial charge in [0, 0.05) is 31.1 Å². The average Bonchev–Trinajstić information content (AvgIpc) is 2.81. The fourth-order valence-electron chi connectivity index (χ4n) is 4.03. The maximum Gasteiger partial charge on any atom is 0.243 e. The Morgan fingerprint density at radius 1 is 1.08 bits per heavy atom. The number of ether oxygens (including phenoxy) is 1. The molecule has 0 bridgehead atoms. The van der Waals surface area contributed by atoms with Crippen LogP contribution in [0.2, 0.25) is 0 Å². The zero-order chi connectivity index (χ0) is 27.8. The maximum absolute atomic E-state index is 13.5. The molecule has 0 unspecified atom stereocenters. The lowest BCUT2D eigenvalue weighted by molar-refractivity contribution is -0.142. The molecule has 2 amide bonds. The molecule has 8 nitrogen and oxygen atoms in total. The minimum Gasteiger partial charge on any atom is -0.497 e. The SMILES string of the molecule is CC[C@@H](C(=O)NC(C)(C)C)N(Cc1ccc(C)cc1)C(=O)CCCN(c1cccc(OC)c1)S(C)(=O)=O. The predicted octanol–water partition coefficient (Wildman–Crippen LogP) is 4.27. The second-order valence-corrected chi connectivity index (χ2v) is 12.2. The summed E-state index contributed by atoms with van der Waals surface area (Å²) < 4.78 is 31.6. The molecule has 0 radical (unpaired) electrons. The smallest absolute Gasteiger partial charge is 0.243 e. The molecule has 0 fully saturated rings. The lowest BCUT2D eigenvalue weighted by atomic mass is 10.0. The van der Waals surface area contributed by atoms with E-state index in [4.69, 9.17) is 4.74 Å². The van der Waals surface area contributed by atoms with Gasteiger partial charge in [-0.15, -0.1) is 0 Å². The van der Waals surface area contributed by atoms with E-state index in [1.807, 2.05) is 58.9 Å². The van der Waals surface area contributed by atoms with Gasteiger partial charge in [-0.25, -0.2) is 8.42 Å². The van der Waals surface area contributed by atoms with Crippen molar-refractivity contribution in [3.8, 4) is 5.75 Å². The van der Waals surface area contributed by atoms with Crippen LogP contribution in [0.5, 0.6) is 5.75 Å². The summed E-state index contributed by atoms with van der Waals surface area (Å²) in [6.45, 7) is 10.0.